The second-order valence-corrected chi connectivity index (χ2v) is 6.55. The summed E-state index contributed by atoms with van der Waals surface area (Å²) in [4.78, 5) is 23.7. The lowest BCUT2D eigenvalue weighted by molar-refractivity contribution is -0.123. The van der Waals surface area contributed by atoms with E-state index in [-0.39, 0.29) is 17.5 Å². The van der Waals surface area contributed by atoms with E-state index < -0.39 is 11.8 Å². The van der Waals surface area contributed by atoms with Crippen LogP contribution in [0.3, 0.4) is 0 Å². The van der Waals surface area contributed by atoms with E-state index in [4.69, 9.17) is 21.4 Å². The average molecular weight is 448 g/mol. The van der Waals surface area contributed by atoms with Gasteiger partial charge in [0.25, 0.3) is 11.8 Å². The van der Waals surface area contributed by atoms with E-state index in [9.17, 15) is 9.59 Å². The fraction of sp³-hybridized carbons (Fsp3) is 0.0556. The Morgan fingerprint density at radius 1 is 1.04 bits per heavy atom. The van der Waals surface area contributed by atoms with Gasteiger partial charge < -0.3 is 9.15 Å². The standard InChI is InChI=1S/C18H14BrN3O4S/c19-15-8-7-14(26-15)17(24)20-18(27)22-21-16(23)10-25-13-6-5-11-3-1-2-4-12(11)9-13/h1-9H,10H2,(H,21,23)(H2,20,22,24,27). The maximum atomic E-state index is 11.8. The second kappa shape index (κ2) is 8.65. The number of nitrogens with one attached hydrogen (secondary N) is 3. The van der Waals surface area contributed by atoms with E-state index in [1.165, 1.54) is 6.07 Å². The summed E-state index contributed by atoms with van der Waals surface area (Å²) < 4.78 is 11.0. The summed E-state index contributed by atoms with van der Waals surface area (Å²) in [7, 11) is 0. The molecule has 0 bridgehead atoms. The number of fused-ring (bicyclic) bond motifs is 1. The van der Waals surface area contributed by atoms with Crippen molar-refractivity contribution in [2.45, 2.75) is 0 Å². The molecule has 2 amide bonds. The van der Waals surface area contributed by atoms with Gasteiger partial charge in [-0.1, -0.05) is 30.3 Å². The number of ether oxygens (including phenoxy) is 1. The normalized spacial score (nSPS) is 10.3. The minimum Gasteiger partial charge on any atom is -0.484 e. The molecular formula is C18H14BrN3O4S. The van der Waals surface area contributed by atoms with Crippen LogP contribution in [-0.2, 0) is 4.79 Å². The minimum atomic E-state index is -0.542. The second-order valence-electron chi connectivity index (χ2n) is 5.36. The van der Waals surface area contributed by atoms with Crippen molar-refractivity contribution < 1.29 is 18.7 Å². The summed E-state index contributed by atoms with van der Waals surface area (Å²) in [5.74, 6) is -0.347. The Morgan fingerprint density at radius 3 is 2.56 bits per heavy atom. The predicted octanol–water partition coefficient (Wildman–Crippen LogP) is 2.91. The molecule has 2 aromatic carbocycles. The predicted molar refractivity (Wildman–Crippen MR) is 107 cm³/mol. The highest BCUT2D eigenvalue weighted by atomic mass is 79.9. The van der Waals surface area contributed by atoms with E-state index in [1.807, 2.05) is 36.4 Å². The Balaban J connectivity index is 1.43. The summed E-state index contributed by atoms with van der Waals surface area (Å²) in [6, 6.07) is 16.5. The van der Waals surface area contributed by atoms with Gasteiger partial charge in [-0.3, -0.25) is 25.8 Å². The molecule has 0 aliphatic rings. The van der Waals surface area contributed by atoms with Crippen LogP contribution in [0.15, 0.2) is 63.7 Å². The summed E-state index contributed by atoms with van der Waals surface area (Å²) in [6.45, 7) is -0.215. The molecule has 0 radical (unpaired) electrons. The van der Waals surface area contributed by atoms with Gasteiger partial charge in [-0.05, 0) is 63.2 Å². The van der Waals surface area contributed by atoms with Crippen molar-refractivity contribution in [1.29, 1.82) is 0 Å². The number of hydrazine groups is 1. The van der Waals surface area contributed by atoms with Gasteiger partial charge in [0.05, 0.1) is 0 Å². The Hall–Kier alpha value is -2.91. The molecule has 27 heavy (non-hydrogen) atoms. The van der Waals surface area contributed by atoms with Crippen LogP contribution in [0.4, 0.5) is 0 Å². The van der Waals surface area contributed by atoms with E-state index in [1.54, 1.807) is 12.1 Å². The van der Waals surface area contributed by atoms with E-state index in [0.29, 0.717) is 10.4 Å². The van der Waals surface area contributed by atoms with Crippen LogP contribution in [0.2, 0.25) is 0 Å². The number of furan rings is 1. The number of benzene rings is 2. The van der Waals surface area contributed by atoms with Gasteiger partial charge >= 0.3 is 0 Å². The first kappa shape index (κ1) is 18.9. The molecule has 0 fully saturated rings. The van der Waals surface area contributed by atoms with Crippen LogP contribution in [0.1, 0.15) is 10.6 Å². The molecular weight excluding hydrogens is 434 g/mol. The van der Waals surface area contributed by atoms with Crippen molar-refractivity contribution in [3.05, 3.63) is 65.0 Å². The Morgan fingerprint density at radius 2 is 1.81 bits per heavy atom. The highest BCUT2D eigenvalue weighted by Crippen LogP contribution is 2.20. The lowest BCUT2D eigenvalue weighted by atomic mass is 10.1. The summed E-state index contributed by atoms with van der Waals surface area (Å²) in [5, 5.41) is 4.39. The molecule has 0 aliphatic heterocycles. The highest BCUT2D eigenvalue weighted by molar-refractivity contribution is 9.10. The van der Waals surface area contributed by atoms with Crippen LogP contribution >= 0.6 is 28.1 Å². The molecule has 138 valence electrons. The summed E-state index contributed by atoms with van der Waals surface area (Å²) >= 11 is 8.03. The first-order chi connectivity index (χ1) is 13.0. The molecule has 7 nitrogen and oxygen atoms in total. The molecule has 0 saturated heterocycles. The van der Waals surface area contributed by atoms with Crippen molar-refractivity contribution in [2.24, 2.45) is 0 Å². The first-order valence-electron chi connectivity index (χ1n) is 7.78. The molecule has 0 aliphatic carbocycles. The van der Waals surface area contributed by atoms with E-state index >= 15 is 0 Å². The Bertz CT molecular complexity index is 1000. The lowest BCUT2D eigenvalue weighted by Crippen LogP contribution is -2.49. The first-order valence-corrected chi connectivity index (χ1v) is 8.98. The van der Waals surface area contributed by atoms with Gasteiger partial charge in [-0.2, -0.15) is 0 Å². The van der Waals surface area contributed by atoms with Gasteiger partial charge in [0, 0.05) is 0 Å². The SMILES string of the molecule is O=C(COc1ccc2ccccc2c1)NNC(=S)NC(=O)c1ccc(Br)o1. The number of thiocarbonyl (C=S) groups is 1. The topological polar surface area (TPSA) is 92.6 Å². The van der Waals surface area contributed by atoms with Crippen LogP contribution in [0.5, 0.6) is 5.75 Å². The monoisotopic (exact) mass is 447 g/mol. The van der Waals surface area contributed by atoms with E-state index in [2.05, 4.69) is 32.1 Å². The molecule has 1 aromatic heterocycles. The van der Waals surface area contributed by atoms with Crippen LogP contribution in [0.25, 0.3) is 10.8 Å². The van der Waals surface area contributed by atoms with E-state index in [0.717, 1.165) is 10.8 Å². The lowest BCUT2D eigenvalue weighted by Gasteiger charge is -2.11. The number of amides is 2. The maximum Gasteiger partial charge on any atom is 0.293 e. The number of carbonyl (C=O) groups excluding carboxylic acids is 2. The molecule has 3 rings (SSSR count). The van der Waals surface area contributed by atoms with Gasteiger partial charge in [0.15, 0.2) is 22.1 Å². The molecule has 1 heterocycles. The van der Waals surface area contributed by atoms with Gasteiger partial charge in [0.1, 0.15) is 5.75 Å². The third-order valence-corrected chi connectivity index (χ3v) is 4.06. The smallest absolute Gasteiger partial charge is 0.293 e. The van der Waals surface area contributed by atoms with Gasteiger partial charge in [-0.15, -0.1) is 0 Å². The number of carbonyl (C=O) groups is 2. The van der Waals surface area contributed by atoms with Crippen LogP contribution < -0.4 is 20.9 Å². The molecule has 3 N–H and O–H groups in total. The third kappa shape index (κ3) is 5.28. The zero-order valence-electron chi connectivity index (χ0n) is 13.8. The molecule has 3 aromatic rings. The van der Waals surface area contributed by atoms with Crippen molar-refractivity contribution in [2.75, 3.05) is 6.61 Å². The van der Waals surface area contributed by atoms with Gasteiger partial charge in [0.2, 0.25) is 0 Å². The van der Waals surface area contributed by atoms with Gasteiger partial charge in [-0.25, -0.2) is 0 Å². The number of hydrogen-bond acceptors (Lipinski definition) is 5. The fourth-order valence-corrected chi connectivity index (χ4v) is 2.65. The Labute approximate surface area is 168 Å². The maximum absolute atomic E-state index is 11.8. The average Bonchev–Trinajstić information content (AvgIpc) is 3.11. The third-order valence-electron chi connectivity index (χ3n) is 3.43. The molecule has 0 unspecified atom stereocenters. The highest BCUT2D eigenvalue weighted by Gasteiger charge is 2.12. The largest absolute Gasteiger partial charge is 0.484 e. The quantitative estimate of drug-likeness (QED) is 0.420. The summed E-state index contributed by atoms with van der Waals surface area (Å²) in [5.41, 5.74) is 4.76. The number of hydrogen-bond donors (Lipinski definition) is 3. The number of rotatable bonds is 4. The Kier molecular flexibility index (Phi) is 6.05. The fourth-order valence-electron chi connectivity index (χ4n) is 2.20. The molecule has 0 atom stereocenters. The van der Waals surface area contributed by atoms with Crippen molar-refractivity contribution >= 4 is 55.8 Å². The molecule has 0 spiro atoms. The molecule has 9 heteroatoms. The van der Waals surface area contributed by atoms with Crippen molar-refractivity contribution in [3.8, 4) is 5.75 Å². The zero-order chi connectivity index (χ0) is 19.2. The summed E-state index contributed by atoms with van der Waals surface area (Å²) in [6.07, 6.45) is 0. The van der Waals surface area contributed by atoms with Crippen molar-refractivity contribution in [3.63, 3.8) is 0 Å². The van der Waals surface area contributed by atoms with Crippen LogP contribution in [0, 0.1) is 0 Å². The van der Waals surface area contributed by atoms with Crippen molar-refractivity contribution in [1.82, 2.24) is 16.2 Å². The van der Waals surface area contributed by atoms with Crippen LogP contribution in [-0.4, -0.2) is 23.5 Å². The minimum absolute atomic E-state index is 0.0772. The zero-order valence-corrected chi connectivity index (χ0v) is 16.2. The number of halogens is 1. The molecule has 0 saturated carbocycles.